The highest BCUT2D eigenvalue weighted by Gasteiger charge is 2.25. The van der Waals surface area contributed by atoms with E-state index in [1.165, 1.54) is 32.1 Å². The highest BCUT2D eigenvalue weighted by molar-refractivity contribution is 5.76. The van der Waals surface area contributed by atoms with E-state index in [4.69, 9.17) is 4.74 Å². The Kier molecular flexibility index (Phi) is 9.36. The largest absolute Gasteiger partial charge is 0.511 e. The minimum absolute atomic E-state index is 0.148. The number of hydrogen-bond donors (Lipinski definition) is 1. The van der Waals surface area contributed by atoms with Crippen molar-refractivity contribution in [1.82, 2.24) is 0 Å². The van der Waals surface area contributed by atoms with E-state index >= 15 is 0 Å². The van der Waals surface area contributed by atoms with Crippen LogP contribution in [0, 0.1) is 5.92 Å². The molecule has 1 unspecified atom stereocenters. The summed E-state index contributed by atoms with van der Waals surface area (Å²) in [7, 11) is 0. The summed E-state index contributed by atoms with van der Waals surface area (Å²) >= 11 is 0. The van der Waals surface area contributed by atoms with Gasteiger partial charge in [-0.15, -0.1) is 0 Å². The Bertz CT molecular complexity index is 404. The first-order chi connectivity index (χ1) is 10.7. The number of esters is 1. The quantitative estimate of drug-likeness (QED) is 0.322. The van der Waals surface area contributed by atoms with Gasteiger partial charge in [0, 0.05) is 5.57 Å². The molecule has 1 aliphatic carbocycles. The number of aliphatic hydroxyl groups excluding tert-OH is 1. The topological polar surface area (TPSA) is 46.5 Å². The second-order valence-electron chi connectivity index (χ2n) is 5.77. The molecule has 0 aromatic carbocycles. The number of rotatable bonds is 11. The fourth-order valence-corrected chi connectivity index (χ4v) is 2.66. The van der Waals surface area contributed by atoms with Gasteiger partial charge in [0.05, 0.1) is 6.61 Å². The lowest BCUT2D eigenvalue weighted by atomic mass is 9.95. The third kappa shape index (κ3) is 6.50. The Hall–Kier alpha value is -1.51. The van der Waals surface area contributed by atoms with Crippen molar-refractivity contribution >= 4 is 5.97 Å². The molecule has 0 aromatic heterocycles. The fraction of sp³-hybridized carbons (Fsp3) is 0.632. The molecule has 0 fully saturated rings. The number of allylic oxidation sites excluding steroid dienone is 5. The molecule has 0 aromatic rings. The smallest absolute Gasteiger partial charge is 0.316 e. The van der Waals surface area contributed by atoms with E-state index in [0.29, 0.717) is 13.0 Å². The molecule has 0 radical (unpaired) electrons. The van der Waals surface area contributed by atoms with Gasteiger partial charge < -0.3 is 9.84 Å². The fourth-order valence-electron chi connectivity index (χ4n) is 2.66. The Morgan fingerprint density at radius 3 is 2.23 bits per heavy atom. The molecule has 0 heterocycles. The van der Waals surface area contributed by atoms with Crippen LogP contribution in [0.4, 0.5) is 0 Å². The van der Waals surface area contributed by atoms with Gasteiger partial charge in [0.1, 0.15) is 11.7 Å². The minimum atomic E-state index is -0.530. The summed E-state index contributed by atoms with van der Waals surface area (Å²) < 4.78 is 5.11. The van der Waals surface area contributed by atoms with E-state index < -0.39 is 5.92 Å². The van der Waals surface area contributed by atoms with E-state index in [1.54, 1.807) is 6.92 Å². The SMILES string of the molecule is CCCCCCCCCC(C(=O)OCC)C(O)=C1C=CC=C1. The third-order valence-electron chi connectivity index (χ3n) is 3.96. The van der Waals surface area contributed by atoms with E-state index in [0.717, 1.165) is 18.4 Å². The van der Waals surface area contributed by atoms with Crippen molar-refractivity contribution in [2.24, 2.45) is 5.92 Å². The van der Waals surface area contributed by atoms with Crippen LogP contribution in [0.3, 0.4) is 0 Å². The van der Waals surface area contributed by atoms with E-state index in [2.05, 4.69) is 6.92 Å². The zero-order chi connectivity index (χ0) is 16.2. The van der Waals surface area contributed by atoms with Gasteiger partial charge in [0.25, 0.3) is 0 Å². The molecule has 1 N–H and O–H groups in total. The number of carbonyl (C=O) groups excluding carboxylic acids is 1. The summed E-state index contributed by atoms with van der Waals surface area (Å²) in [6, 6.07) is 0. The minimum Gasteiger partial charge on any atom is -0.511 e. The van der Waals surface area contributed by atoms with Crippen LogP contribution in [-0.4, -0.2) is 17.7 Å². The zero-order valence-electron chi connectivity index (χ0n) is 14.0. The molecule has 0 aliphatic heterocycles. The van der Waals surface area contributed by atoms with E-state index in [-0.39, 0.29) is 11.7 Å². The van der Waals surface area contributed by atoms with Crippen LogP contribution in [-0.2, 0) is 9.53 Å². The molecule has 3 nitrogen and oxygen atoms in total. The third-order valence-corrected chi connectivity index (χ3v) is 3.96. The number of carbonyl (C=O) groups is 1. The molecule has 3 heteroatoms. The van der Waals surface area contributed by atoms with Gasteiger partial charge in [-0.25, -0.2) is 0 Å². The summed E-state index contributed by atoms with van der Waals surface area (Å²) in [5.74, 6) is -0.695. The normalized spacial score (nSPS) is 14.4. The molecule has 0 saturated heterocycles. The van der Waals surface area contributed by atoms with Crippen molar-refractivity contribution in [1.29, 1.82) is 0 Å². The van der Waals surface area contributed by atoms with Gasteiger partial charge in [0.2, 0.25) is 0 Å². The molecule has 0 spiro atoms. The Morgan fingerprint density at radius 1 is 1.05 bits per heavy atom. The molecule has 0 bridgehead atoms. The second kappa shape index (κ2) is 11.1. The van der Waals surface area contributed by atoms with E-state index in [9.17, 15) is 9.90 Å². The van der Waals surface area contributed by atoms with Crippen molar-refractivity contribution < 1.29 is 14.6 Å². The monoisotopic (exact) mass is 306 g/mol. The summed E-state index contributed by atoms with van der Waals surface area (Å²) in [5.41, 5.74) is 0.723. The van der Waals surface area contributed by atoms with Crippen LogP contribution in [0.25, 0.3) is 0 Å². The van der Waals surface area contributed by atoms with Crippen molar-refractivity contribution in [2.45, 2.75) is 65.2 Å². The van der Waals surface area contributed by atoms with Crippen molar-refractivity contribution in [3.63, 3.8) is 0 Å². The van der Waals surface area contributed by atoms with Gasteiger partial charge in [-0.05, 0) is 13.3 Å². The van der Waals surface area contributed by atoms with Crippen LogP contribution >= 0.6 is 0 Å². The molecule has 1 rings (SSSR count). The Morgan fingerprint density at radius 2 is 1.64 bits per heavy atom. The Labute approximate surface area is 134 Å². The number of hydrogen-bond acceptors (Lipinski definition) is 3. The molecule has 1 aliphatic rings. The zero-order valence-corrected chi connectivity index (χ0v) is 14.0. The van der Waals surface area contributed by atoms with Crippen LogP contribution in [0.1, 0.15) is 65.2 Å². The van der Waals surface area contributed by atoms with Gasteiger partial charge in [-0.2, -0.15) is 0 Å². The van der Waals surface area contributed by atoms with Crippen LogP contribution < -0.4 is 0 Å². The number of unbranched alkanes of at least 4 members (excludes halogenated alkanes) is 6. The summed E-state index contributed by atoms with van der Waals surface area (Å²) in [4.78, 5) is 12.1. The lowest BCUT2D eigenvalue weighted by Gasteiger charge is -2.16. The second-order valence-corrected chi connectivity index (χ2v) is 5.77. The molecule has 124 valence electrons. The molecule has 1 atom stereocenters. The predicted molar refractivity (Wildman–Crippen MR) is 90.7 cm³/mol. The maximum absolute atomic E-state index is 12.1. The molecular weight excluding hydrogens is 276 g/mol. The first kappa shape index (κ1) is 18.5. The molecular formula is C19H30O3. The van der Waals surface area contributed by atoms with Gasteiger partial charge in [-0.1, -0.05) is 76.2 Å². The number of ether oxygens (including phenoxy) is 1. The predicted octanol–water partition coefficient (Wildman–Crippen LogP) is 5.24. The van der Waals surface area contributed by atoms with Gasteiger partial charge >= 0.3 is 5.97 Å². The molecule has 0 saturated carbocycles. The average molecular weight is 306 g/mol. The van der Waals surface area contributed by atoms with Crippen LogP contribution in [0.15, 0.2) is 35.6 Å². The highest BCUT2D eigenvalue weighted by Crippen LogP contribution is 2.25. The van der Waals surface area contributed by atoms with Gasteiger partial charge in [-0.3, -0.25) is 4.79 Å². The van der Waals surface area contributed by atoms with Crippen molar-refractivity contribution in [2.75, 3.05) is 6.61 Å². The van der Waals surface area contributed by atoms with E-state index in [1.807, 2.05) is 24.3 Å². The van der Waals surface area contributed by atoms with Crippen LogP contribution in [0.2, 0.25) is 0 Å². The summed E-state index contributed by atoms with van der Waals surface area (Å²) in [5, 5.41) is 10.4. The standard InChI is InChI=1S/C19H30O3/c1-3-5-6-7-8-9-10-15-17(19(21)22-4-2)18(20)16-13-11-12-14-16/h11-14,17,20H,3-10,15H2,1-2H3. The lowest BCUT2D eigenvalue weighted by Crippen LogP contribution is -2.21. The average Bonchev–Trinajstić information content (AvgIpc) is 3.04. The van der Waals surface area contributed by atoms with Crippen LogP contribution in [0.5, 0.6) is 0 Å². The lowest BCUT2D eigenvalue weighted by molar-refractivity contribution is -0.147. The summed E-state index contributed by atoms with van der Waals surface area (Å²) in [6.45, 7) is 4.36. The van der Waals surface area contributed by atoms with Crippen molar-refractivity contribution in [3.05, 3.63) is 35.6 Å². The first-order valence-corrected chi connectivity index (χ1v) is 8.65. The maximum Gasteiger partial charge on any atom is 0.316 e. The highest BCUT2D eigenvalue weighted by atomic mass is 16.5. The first-order valence-electron chi connectivity index (χ1n) is 8.65. The van der Waals surface area contributed by atoms with Crippen molar-refractivity contribution in [3.8, 4) is 0 Å². The molecule has 0 amide bonds. The maximum atomic E-state index is 12.1. The molecule has 22 heavy (non-hydrogen) atoms. The Balaban J connectivity index is 2.46. The summed E-state index contributed by atoms with van der Waals surface area (Å²) in [6.07, 6.45) is 16.4. The van der Waals surface area contributed by atoms with Gasteiger partial charge in [0.15, 0.2) is 0 Å². The number of aliphatic hydroxyl groups is 1.